The van der Waals surface area contributed by atoms with Crippen LogP contribution in [0.5, 0.6) is 0 Å². The van der Waals surface area contributed by atoms with Crippen LogP contribution in [0.1, 0.15) is 46.1 Å². The molecular weight excluding hydrogens is 252 g/mol. The number of aromatic nitrogens is 1. The zero-order chi connectivity index (χ0) is 13.1. The highest BCUT2D eigenvalue weighted by Crippen LogP contribution is 2.19. The van der Waals surface area contributed by atoms with Crippen molar-refractivity contribution >= 4 is 23.2 Å². The summed E-state index contributed by atoms with van der Waals surface area (Å²) in [5.74, 6) is -1.31. The smallest absolute Gasteiger partial charge is 0.227 e. The van der Waals surface area contributed by atoms with Crippen LogP contribution in [0.2, 0.25) is 0 Å². The summed E-state index contributed by atoms with van der Waals surface area (Å²) in [6.45, 7) is 1.61. The molecule has 0 radical (unpaired) electrons. The predicted octanol–water partition coefficient (Wildman–Crippen LogP) is 0.416. The number of nitrogens with zero attached hydrogens (tertiary/aromatic N) is 1. The minimum absolute atomic E-state index is 0.0828. The molecule has 0 saturated heterocycles. The number of carbonyl (C=O) groups excluding carboxylic acids is 2. The van der Waals surface area contributed by atoms with Crippen molar-refractivity contribution in [3.05, 3.63) is 15.6 Å². The van der Waals surface area contributed by atoms with Crippen LogP contribution in [-0.2, 0) is 11.2 Å². The van der Waals surface area contributed by atoms with Crippen LogP contribution in [0.3, 0.4) is 0 Å². The molecule has 1 aliphatic rings. The molecule has 0 aliphatic heterocycles. The van der Waals surface area contributed by atoms with Crippen molar-refractivity contribution in [3.63, 3.8) is 0 Å². The van der Waals surface area contributed by atoms with Gasteiger partial charge in [-0.3, -0.25) is 4.79 Å². The summed E-state index contributed by atoms with van der Waals surface area (Å²) < 4.78 is 0. The van der Waals surface area contributed by atoms with Crippen LogP contribution in [-0.4, -0.2) is 22.9 Å². The van der Waals surface area contributed by atoms with Gasteiger partial charge in [0, 0.05) is 6.04 Å². The maximum absolute atomic E-state index is 11.8. The number of carboxylic acids is 1. The number of hydrogen-bond donors (Lipinski definition) is 1. The van der Waals surface area contributed by atoms with E-state index in [1.165, 1.54) is 0 Å². The van der Waals surface area contributed by atoms with Crippen LogP contribution in [0, 0.1) is 6.92 Å². The van der Waals surface area contributed by atoms with Gasteiger partial charge < -0.3 is 15.2 Å². The molecule has 1 saturated carbocycles. The van der Waals surface area contributed by atoms with Crippen molar-refractivity contribution in [3.8, 4) is 0 Å². The SMILES string of the molecule is Cc1nc(CC(=O)NC2CCCC2)sc1C(=O)[O-]. The van der Waals surface area contributed by atoms with Crippen molar-refractivity contribution in [2.45, 2.75) is 45.1 Å². The number of aromatic carboxylic acids is 1. The van der Waals surface area contributed by atoms with Crippen LogP contribution < -0.4 is 10.4 Å². The van der Waals surface area contributed by atoms with E-state index < -0.39 is 5.97 Å². The number of carbonyl (C=O) groups is 2. The van der Waals surface area contributed by atoms with Crippen molar-refractivity contribution < 1.29 is 14.7 Å². The van der Waals surface area contributed by atoms with E-state index in [4.69, 9.17) is 0 Å². The molecule has 0 atom stereocenters. The van der Waals surface area contributed by atoms with Crippen LogP contribution in [0.15, 0.2) is 0 Å². The molecule has 6 heteroatoms. The lowest BCUT2D eigenvalue weighted by Crippen LogP contribution is -2.33. The first-order chi connectivity index (χ1) is 8.56. The molecule has 18 heavy (non-hydrogen) atoms. The van der Waals surface area contributed by atoms with Gasteiger partial charge in [-0.15, -0.1) is 11.3 Å². The Kier molecular flexibility index (Phi) is 3.96. The fraction of sp³-hybridized carbons (Fsp3) is 0.583. The van der Waals surface area contributed by atoms with E-state index in [1.807, 2.05) is 0 Å². The molecule has 1 aromatic rings. The molecular formula is C12H15N2O3S-. The molecule has 0 spiro atoms. The van der Waals surface area contributed by atoms with Crippen molar-refractivity contribution in [1.29, 1.82) is 0 Å². The average Bonchev–Trinajstić information content (AvgIpc) is 2.88. The summed E-state index contributed by atoms with van der Waals surface area (Å²) in [6, 6.07) is 0.277. The van der Waals surface area contributed by atoms with E-state index in [1.54, 1.807) is 6.92 Å². The number of hydrogen-bond acceptors (Lipinski definition) is 5. The summed E-state index contributed by atoms with van der Waals surface area (Å²) in [7, 11) is 0. The highest BCUT2D eigenvalue weighted by Gasteiger charge is 2.18. The molecule has 1 aromatic heterocycles. The Labute approximate surface area is 109 Å². The zero-order valence-corrected chi connectivity index (χ0v) is 11.0. The van der Waals surface area contributed by atoms with Gasteiger partial charge in [0.15, 0.2) is 0 Å². The van der Waals surface area contributed by atoms with Gasteiger partial charge in [-0.2, -0.15) is 0 Å². The molecule has 2 rings (SSSR count). The summed E-state index contributed by atoms with van der Waals surface area (Å²) in [4.78, 5) is 26.7. The highest BCUT2D eigenvalue weighted by molar-refractivity contribution is 7.13. The fourth-order valence-corrected chi connectivity index (χ4v) is 3.10. The summed E-state index contributed by atoms with van der Waals surface area (Å²) in [5, 5.41) is 14.2. The van der Waals surface area contributed by atoms with E-state index in [9.17, 15) is 14.7 Å². The van der Waals surface area contributed by atoms with Gasteiger partial charge in [0.1, 0.15) is 5.01 Å². The summed E-state index contributed by atoms with van der Waals surface area (Å²) >= 11 is 1.02. The second kappa shape index (κ2) is 5.48. The molecule has 0 aromatic carbocycles. The summed E-state index contributed by atoms with van der Waals surface area (Å²) in [5.41, 5.74) is 0.420. The lowest BCUT2D eigenvalue weighted by atomic mass is 10.2. The Morgan fingerprint density at radius 2 is 2.11 bits per heavy atom. The number of carboxylic acid groups (broad SMARTS) is 1. The number of aryl methyl sites for hydroxylation is 1. The van der Waals surface area contributed by atoms with Gasteiger partial charge in [-0.25, -0.2) is 4.98 Å². The fourth-order valence-electron chi connectivity index (χ4n) is 2.20. The second-order valence-electron chi connectivity index (χ2n) is 4.54. The molecule has 98 valence electrons. The van der Waals surface area contributed by atoms with Crippen LogP contribution in [0.25, 0.3) is 0 Å². The molecule has 1 amide bonds. The zero-order valence-electron chi connectivity index (χ0n) is 10.2. The average molecular weight is 267 g/mol. The van der Waals surface area contributed by atoms with Gasteiger partial charge in [-0.1, -0.05) is 12.8 Å². The Hall–Kier alpha value is -1.43. The van der Waals surface area contributed by atoms with Gasteiger partial charge in [0.25, 0.3) is 0 Å². The molecule has 0 unspecified atom stereocenters. The van der Waals surface area contributed by atoms with E-state index in [0.717, 1.165) is 37.0 Å². The first-order valence-electron chi connectivity index (χ1n) is 6.03. The van der Waals surface area contributed by atoms with E-state index in [-0.39, 0.29) is 23.2 Å². The monoisotopic (exact) mass is 267 g/mol. The van der Waals surface area contributed by atoms with E-state index in [2.05, 4.69) is 10.3 Å². The van der Waals surface area contributed by atoms with Gasteiger partial charge in [-0.05, 0) is 19.8 Å². The standard InChI is InChI=1S/C12H16N2O3S/c1-7-11(12(16)17)18-10(13-7)6-9(15)14-8-4-2-3-5-8/h8H,2-6H2,1H3,(H,14,15)(H,16,17)/p-1. The second-order valence-corrected chi connectivity index (χ2v) is 5.62. The Morgan fingerprint density at radius 1 is 1.44 bits per heavy atom. The van der Waals surface area contributed by atoms with E-state index in [0.29, 0.717) is 10.7 Å². The lowest BCUT2D eigenvalue weighted by molar-refractivity contribution is -0.254. The maximum Gasteiger partial charge on any atom is 0.227 e. The van der Waals surface area contributed by atoms with Gasteiger partial charge in [0.2, 0.25) is 5.91 Å². The Bertz CT molecular complexity index is 464. The van der Waals surface area contributed by atoms with Crippen LogP contribution in [0.4, 0.5) is 0 Å². The van der Waals surface area contributed by atoms with Crippen LogP contribution >= 0.6 is 11.3 Å². The minimum atomic E-state index is -1.23. The van der Waals surface area contributed by atoms with Crippen molar-refractivity contribution in [1.82, 2.24) is 10.3 Å². The first-order valence-corrected chi connectivity index (χ1v) is 6.85. The molecule has 1 aliphatic carbocycles. The quantitative estimate of drug-likeness (QED) is 0.857. The molecule has 5 nitrogen and oxygen atoms in total. The van der Waals surface area contributed by atoms with Crippen molar-refractivity contribution in [2.75, 3.05) is 0 Å². The normalized spacial score (nSPS) is 15.8. The molecule has 1 N–H and O–H groups in total. The third-order valence-electron chi connectivity index (χ3n) is 3.06. The summed E-state index contributed by atoms with van der Waals surface area (Å²) in [6.07, 6.45) is 4.54. The highest BCUT2D eigenvalue weighted by atomic mass is 32.1. The predicted molar refractivity (Wildman–Crippen MR) is 65.3 cm³/mol. The first kappa shape index (κ1) is 13.0. The number of amides is 1. The number of nitrogens with one attached hydrogen (secondary N) is 1. The lowest BCUT2D eigenvalue weighted by Gasteiger charge is -2.10. The molecule has 1 fully saturated rings. The van der Waals surface area contributed by atoms with Gasteiger partial charge in [0.05, 0.1) is 23.0 Å². The Morgan fingerprint density at radius 3 is 2.67 bits per heavy atom. The number of rotatable bonds is 4. The third kappa shape index (κ3) is 3.07. The largest absolute Gasteiger partial charge is 0.544 e. The molecule has 0 bridgehead atoms. The van der Waals surface area contributed by atoms with Crippen molar-refractivity contribution in [2.24, 2.45) is 0 Å². The third-order valence-corrected chi connectivity index (χ3v) is 4.20. The topological polar surface area (TPSA) is 82.1 Å². The molecule has 1 heterocycles. The van der Waals surface area contributed by atoms with E-state index >= 15 is 0 Å². The Balaban J connectivity index is 1.94. The number of thiazole rings is 1. The van der Waals surface area contributed by atoms with Gasteiger partial charge >= 0.3 is 0 Å². The minimum Gasteiger partial charge on any atom is -0.544 e. The maximum atomic E-state index is 11.8.